The third kappa shape index (κ3) is 5.37. The maximum absolute atomic E-state index is 12.6. The van der Waals surface area contributed by atoms with Crippen molar-refractivity contribution in [1.29, 1.82) is 0 Å². The predicted octanol–water partition coefficient (Wildman–Crippen LogP) is 3.78. The summed E-state index contributed by atoms with van der Waals surface area (Å²) in [7, 11) is 0. The lowest BCUT2D eigenvalue weighted by atomic mass is 9.95. The second-order valence-electron chi connectivity index (χ2n) is 6.91. The Morgan fingerprint density at radius 2 is 1.70 bits per heavy atom. The topological polar surface area (TPSA) is 73.6 Å². The van der Waals surface area contributed by atoms with Gasteiger partial charge in [0.2, 0.25) is 5.91 Å². The predicted molar refractivity (Wildman–Crippen MR) is 108 cm³/mol. The van der Waals surface area contributed by atoms with Crippen LogP contribution in [0.4, 0.5) is 0 Å². The quantitative estimate of drug-likeness (QED) is 0.787. The number of nitrogens with one attached hydrogen (secondary N) is 1. The Balaban J connectivity index is 0.00000261. The summed E-state index contributed by atoms with van der Waals surface area (Å²) in [6, 6.07) is 15.1. The largest absolute Gasteiger partial charge is 0.486 e. The molecule has 3 rings (SSSR count). The fourth-order valence-electron chi connectivity index (χ4n) is 3.14. The first-order valence-corrected chi connectivity index (χ1v) is 9.04. The first kappa shape index (κ1) is 21.1. The molecule has 3 N–H and O–H groups in total. The van der Waals surface area contributed by atoms with Gasteiger partial charge in [0, 0.05) is 12.5 Å². The van der Waals surface area contributed by atoms with Gasteiger partial charge in [-0.1, -0.05) is 50.2 Å². The molecule has 0 fully saturated rings. The van der Waals surface area contributed by atoms with Gasteiger partial charge >= 0.3 is 0 Å². The van der Waals surface area contributed by atoms with E-state index in [0.29, 0.717) is 13.2 Å². The fourth-order valence-corrected chi connectivity index (χ4v) is 3.14. The van der Waals surface area contributed by atoms with E-state index in [-0.39, 0.29) is 42.7 Å². The molecule has 5 nitrogen and oxygen atoms in total. The van der Waals surface area contributed by atoms with E-state index in [2.05, 4.69) is 19.2 Å². The smallest absolute Gasteiger partial charge is 0.222 e. The molecule has 0 spiro atoms. The molecular weight excluding hydrogens is 364 g/mol. The number of rotatable bonds is 6. The van der Waals surface area contributed by atoms with E-state index in [1.165, 1.54) is 0 Å². The molecule has 0 aromatic heterocycles. The van der Waals surface area contributed by atoms with Crippen molar-refractivity contribution in [1.82, 2.24) is 5.32 Å². The van der Waals surface area contributed by atoms with Crippen molar-refractivity contribution in [3.05, 3.63) is 59.7 Å². The van der Waals surface area contributed by atoms with Crippen molar-refractivity contribution >= 4 is 18.3 Å². The number of hydrogen-bond acceptors (Lipinski definition) is 4. The monoisotopic (exact) mass is 390 g/mol. The lowest BCUT2D eigenvalue weighted by Crippen LogP contribution is -2.33. The number of carbonyl (C=O) groups is 1. The van der Waals surface area contributed by atoms with E-state index in [0.717, 1.165) is 22.6 Å². The molecule has 0 aliphatic carbocycles. The van der Waals surface area contributed by atoms with Gasteiger partial charge in [-0.3, -0.25) is 4.79 Å². The van der Waals surface area contributed by atoms with Crippen LogP contribution in [0.5, 0.6) is 11.5 Å². The highest BCUT2D eigenvalue weighted by Gasteiger charge is 2.22. The first-order chi connectivity index (χ1) is 12.5. The number of halogens is 1. The maximum atomic E-state index is 12.6. The van der Waals surface area contributed by atoms with Crippen LogP contribution in [0, 0.1) is 5.92 Å². The fraction of sp³-hybridized carbons (Fsp3) is 0.381. The minimum atomic E-state index is -0.315. The Bertz CT molecular complexity index is 752. The van der Waals surface area contributed by atoms with Crippen LogP contribution >= 0.6 is 12.4 Å². The number of amides is 1. The Morgan fingerprint density at radius 3 is 2.37 bits per heavy atom. The molecule has 1 amide bonds. The molecule has 0 saturated carbocycles. The highest BCUT2D eigenvalue weighted by Crippen LogP contribution is 2.34. The van der Waals surface area contributed by atoms with Gasteiger partial charge in [-0.15, -0.1) is 12.4 Å². The van der Waals surface area contributed by atoms with Crippen molar-refractivity contribution in [2.75, 3.05) is 13.2 Å². The molecule has 6 heteroatoms. The number of carbonyl (C=O) groups excluding carboxylic acids is 1. The Labute approximate surface area is 166 Å². The van der Waals surface area contributed by atoms with Crippen LogP contribution in [0.1, 0.15) is 43.5 Å². The van der Waals surface area contributed by atoms with Gasteiger partial charge in [-0.05, 0) is 29.2 Å². The zero-order chi connectivity index (χ0) is 18.5. The van der Waals surface area contributed by atoms with E-state index in [1.807, 2.05) is 48.5 Å². The Kier molecular flexibility index (Phi) is 7.51. The summed E-state index contributed by atoms with van der Waals surface area (Å²) in [4.78, 5) is 12.6. The molecule has 2 aromatic rings. The maximum Gasteiger partial charge on any atom is 0.222 e. The van der Waals surface area contributed by atoms with Crippen molar-refractivity contribution in [3.8, 4) is 11.5 Å². The average molecular weight is 391 g/mol. The van der Waals surface area contributed by atoms with Crippen LogP contribution in [0.2, 0.25) is 0 Å². The Morgan fingerprint density at radius 1 is 1.04 bits per heavy atom. The molecule has 1 aliphatic heterocycles. The minimum absolute atomic E-state index is 0. The summed E-state index contributed by atoms with van der Waals surface area (Å²) in [5.74, 6) is 1.65. The summed E-state index contributed by atoms with van der Waals surface area (Å²) < 4.78 is 11.2. The van der Waals surface area contributed by atoms with Gasteiger partial charge < -0.3 is 20.5 Å². The second kappa shape index (κ2) is 9.62. The molecule has 0 radical (unpaired) electrons. The van der Waals surface area contributed by atoms with Gasteiger partial charge in [0.05, 0.1) is 6.04 Å². The standard InChI is InChI=1S/C21H26N2O3.ClH/c1-14(2)21(16-8-9-18-19(12-16)26-11-10-25-18)23-20(24)13-17(22)15-6-4-3-5-7-15;/h3-9,12,14,17,21H,10-11,13,22H2,1-2H3,(H,23,24);1H. The van der Waals surface area contributed by atoms with Crippen LogP contribution in [0.15, 0.2) is 48.5 Å². The summed E-state index contributed by atoms with van der Waals surface area (Å²) in [6.45, 7) is 5.27. The molecule has 27 heavy (non-hydrogen) atoms. The molecule has 0 saturated heterocycles. The summed E-state index contributed by atoms with van der Waals surface area (Å²) in [5, 5.41) is 3.12. The third-order valence-corrected chi connectivity index (χ3v) is 4.54. The molecule has 2 aromatic carbocycles. The van der Waals surface area contributed by atoms with Gasteiger partial charge in [0.15, 0.2) is 11.5 Å². The second-order valence-corrected chi connectivity index (χ2v) is 6.91. The van der Waals surface area contributed by atoms with E-state index in [9.17, 15) is 4.79 Å². The van der Waals surface area contributed by atoms with Crippen molar-refractivity contribution in [3.63, 3.8) is 0 Å². The normalized spacial score (nSPS) is 14.8. The van der Waals surface area contributed by atoms with Gasteiger partial charge in [0.25, 0.3) is 0 Å². The van der Waals surface area contributed by atoms with Crippen LogP contribution in [-0.4, -0.2) is 19.1 Å². The first-order valence-electron chi connectivity index (χ1n) is 9.04. The average Bonchev–Trinajstić information content (AvgIpc) is 2.66. The summed E-state index contributed by atoms with van der Waals surface area (Å²) in [6.07, 6.45) is 0.248. The molecule has 0 bridgehead atoms. The lowest BCUT2D eigenvalue weighted by Gasteiger charge is -2.26. The summed E-state index contributed by atoms with van der Waals surface area (Å²) in [5.41, 5.74) is 8.15. The van der Waals surface area contributed by atoms with E-state index < -0.39 is 0 Å². The lowest BCUT2D eigenvalue weighted by molar-refractivity contribution is -0.122. The molecule has 2 unspecified atom stereocenters. The molecular formula is C21H27ClN2O3. The molecule has 146 valence electrons. The van der Waals surface area contributed by atoms with Gasteiger partial charge in [-0.25, -0.2) is 0 Å². The number of fused-ring (bicyclic) bond motifs is 1. The number of benzene rings is 2. The van der Waals surface area contributed by atoms with Crippen molar-refractivity contribution in [2.24, 2.45) is 11.7 Å². The number of nitrogens with two attached hydrogens (primary N) is 1. The van der Waals surface area contributed by atoms with Crippen LogP contribution in [-0.2, 0) is 4.79 Å². The highest BCUT2D eigenvalue weighted by atomic mass is 35.5. The van der Waals surface area contributed by atoms with Crippen LogP contribution in [0.3, 0.4) is 0 Å². The van der Waals surface area contributed by atoms with Gasteiger partial charge in [0.1, 0.15) is 13.2 Å². The molecule has 1 heterocycles. The number of ether oxygens (including phenoxy) is 2. The van der Waals surface area contributed by atoms with E-state index in [4.69, 9.17) is 15.2 Å². The zero-order valence-electron chi connectivity index (χ0n) is 15.7. The highest BCUT2D eigenvalue weighted by molar-refractivity contribution is 5.85. The zero-order valence-corrected chi connectivity index (χ0v) is 16.5. The van der Waals surface area contributed by atoms with E-state index in [1.54, 1.807) is 0 Å². The van der Waals surface area contributed by atoms with Crippen LogP contribution in [0.25, 0.3) is 0 Å². The van der Waals surface area contributed by atoms with E-state index >= 15 is 0 Å². The third-order valence-electron chi connectivity index (χ3n) is 4.54. The Hall–Kier alpha value is -2.24. The van der Waals surface area contributed by atoms with Crippen molar-refractivity contribution in [2.45, 2.75) is 32.4 Å². The summed E-state index contributed by atoms with van der Waals surface area (Å²) >= 11 is 0. The van der Waals surface area contributed by atoms with Crippen LogP contribution < -0.4 is 20.5 Å². The molecule has 2 atom stereocenters. The minimum Gasteiger partial charge on any atom is -0.486 e. The molecule has 1 aliphatic rings. The van der Waals surface area contributed by atoms with Crippen molar-refractivity contribution < 1.29 is 14.3 Å². The number of hydrogen-bond donors (Lipinski definition) is 2. The van der Waals surface area contributed by atoms with Gasteiger partial charge in [-0.2, -0.15) is 0 Å². The SMILES string of the molecule is CC(C)C(NC(=O)CC(N)c1ccccc1)c1ccc2c(c1)OCCO2.Cl.